The van der Waals surface area contributed by atoms with Crippen LogP contribution in [0.3, 0.4) is 0 Å². The molecule has 4 aromatic rings. The molecule has 4 rings (SSSR count). The van der Waals surface area contributed by atoms with Gasteiger partial charge in [-0.15, -0.1) is 0 Å². The van der Waals surface area contributed by atoms with Crippen LogP contribution in [0.25, 0.3) is 0 Å². The molecule has 0 aliphatic carbocycles. The molecule has 174 valence electrons. The molecule has 0 saturated carbocycles. The van der Waals surface area contributed by atoms with E-state index >= 15 is 0 Å². The fraction of sp³-hybridized carbons (Fsp3) is 0.200. The van der Waals surface area contributed by atoms with Gasteiger partial charge in [0.1, 0.15) is 11.5 Å². The highest BCUT2D eigenvalue weighted by molar-refractivity contribution is 7.70. The van der Waals surface area contributed by atoms with Crippen molar-refractivity contribution in [2.45, 2.75) is 25.9 Å². The van der Waals surface area contributed by atoms with Gasteiger partial charge in [-0.1, -0.05) is 97.1 Å². The molecule has 0 unspecified atom stereocenters. The van der Waals surface area contributed by atoms with Crippen molar-refractivity contribution >= 4 is 18.7 Å². The zero-order valence-corrected chi connectivity index (χ0v) is 21.2. The molecule has 0 aliphatic heterocycles. The topological polar surface area (TPSA) is 21.7 Å². The maximum Gasteiger partial charge on any atom is 0.123 e. The number of para-hydroxylation sites is 2. The van der Waals surface area contributed by atoms with E-state index in [1.165, 1.54) is 21.7 Å². The van der Waals surface area contributed by atoms with E-state index in [-0.39, 0.29) is 12.1 Å². The highest BCUT2D eigenvalue weighted by atomic mass is 31.1. The average molecular weight is 470 g/mol. The Hall–Kier alpha value is -3.13. The minimum atomic E-state index is -0.853. The van der Waals surface area contributed by atoms with Gasteiger partial charge in [-0.3, -0.25) is 4.67 Å². The standard InChI is InChI=1S/C30H32NO2P/c1-23(27-19-11-13-21-29(27)32-3)31(24(2)28-20-12-14-22-30(28)33-4)34(25-15-7-5-8-16-25)26-17-9-6-10-18-26/h5-24H,1-4H3/t23-,24-/m0/s1. The molecule has 0 fully saturated rings. The first-order chi connectivity index (χ1) is 16.7. The van der Waals surface area contributed by atoms with Crippen LogP contribution in [-0.2, 0) is 0 Å². The van der Waals surface area contributed by atoms with Gasteiger partial charge in [0.2, 0.25) is 0 Å². The number of ether oxygens (including phenoxy) is 2. The lowest BCUT2D eigenvalue weighted by molar-refractivity contribution is 0.286. The molecule has 4 heteroatoms. The summed E-state index contributed by atoms with van der Waals surface area (Å²) in [5.41, 5.74) is 2.34. The molecule has 3 nitrogen and oxygen atoms in total. The van der Waals surface area contributed by atoms with Gasteiger partial charge in [0.15, 0.2) is 0 Å². The summed E-state index contributed by atoms with van der Waals surface area (Å²) in [7, 11) is 2.64. The SMILES string of the molecule is COc1ccccc1[C@H](C)N([C@@H](C)c1ccccc1OC)P(c1ccccc1)c1ccccc1. The number of benzene rings is 4. The van der Waals surface area contributed by atoms with Crippen molar-refractivity contribution in [1.82, 2.24) is 4.67 Å². The summed E-state index contributed by atoms with van der Waals surface area (Å²) in [6, 6.07) is 38.5. The highest BCUT2D eigenvalue weighted by Crippen LogP contribution is 2.52. The van der Waals surface area contributed by atoms with Crippen molar-refractivity contribution in [3.63, 3.8) is 0 Å². The summed E-state index contributed by atoms with van der Waals surface area (Å²) >= 11 is 0. The van der Waals surface area contributed by atoms with Crippen LogP contribution >= 0.6 is 8.07 Å². The lowest BCUT2D eigenvalue weighted by atomic mass is 10.0. The van der Waals surface area contributed by atoms with E-state index in [1.807, 2.05) is 24.3 Å². The molecule has 0 aromatic heterocycles. The molecule has 0 spiro atoms. The summed E-state index contributed by atoms with van der Waals surface area (Å²) in [6.07, 6.45) is 0. The van der Waals surface area contributed by atoms with Gasteiger partial charge in [-0.25, -0.2) is 0 Å². The summed E-state index contributed by atoms with van der Waals surface area (Å²) in [6.45, 7) is 4.57. The second-order valence-electron chi connectivity index (χ2n) is 8.20. The Balaban J connectivity index is 1.93. The van der Waals surface area contributed by atoms with Crippen molar-refractivity contribution < 1.29 is 9.47 Å². The second kappa shape index (κ2) is 11.3. The Labute approximate surface area is 204 Å². The van der Waals surface area contributed by atoms with Gasteiger partial charge < -0.3 is 9.47 Å². The van der Waals surface area contributed by atoms with Crippen LogP contribution in [-0.4, -0.2) is 18.9 Å². The van der Waals surface area contributed by atoms with E-state index in [1.54, 1.807) is 14.2 Å². The molecule has 0 bridgehead atoms. The average Bonchev–Trinajstić information content (AvgIpc) is 2.91. The van der Waals surface area contributed by atoms with E-state index in [2.05, 4.69) is 103 Å². The molecule has 0 saturated heterocycles. The Kier molecular flexibility index (Phi) is 8.00. The Bertz CT molecular complexity index is 1090. The van der Waals surface area contributed by atoms with Gasteiger partial charge in [-0.05, 0) is 36.6 Å². The summed E-state index contributed by atoms with van der Waals surface area (Å²) in [5.74, 6) is 1.81. The van der Waals surface area contributed by atoms with Crippen LogP contribution in [0.15, 0.2) is 109 Å². The Morgan fingerprint density at radius 2 is 0.882 bits per heavy atom. The van der Waals surface area contributed by atoms with Crippen LogP contribution in [0.5, 0.6) is 11.5 Å². The molecule has 2 atom stereocenters. The lowest BCUT2D eigenvalue weighted by Crippen LogP contribution is -2.33. The number of nitrogens with zero attached hydrogens (tertiary/aromatic N) is 1. The summed E-state index contributed by atoms with van der Waals surface area (Å²) < 4.78 is 14.2. The van der Waals surface area contributed by atoms with Crippen LogP contribution in [0.4, 0.5) is 0 Å². The van der Waals surface area contributed by atoms with E-state index in [0.717, 1.165) is 11.5 Å². The smallest absolute Gasteiger partial charge is 0.123 e. The fourth-order valence-electron chi connectivity index (χ4n) is 4.54. The first-order valence-corrected chi connectivity index (χ1v) is 12.9. The largest absolute Gasteiger partial charge is 0.496 e. The first-order valence-electron chi connectivity index (χ1n) is 11.6. The van der Waals surface area contributed by atoms with Gasteiger partial charge >= 0.3 is 0 Å². The number of methoxy groups -OCH3 is 2. The van der Waals surface area contributed by atoms with Crippen LogP contribution < -0.4 is 20.1 Å². The predicted molar refractivity (Wildman–Crippen MR) is 144 cm³/mol. The summed E-state index contributed by atoms with van der Waals surface area (Å²) in [4.78, 5) is 0. The first kappa shape index (κ1) is 24.0. The van der Waals surface area contributed by atoms with Crippen molar-refractivity contribution in [3.8, 4) is 11.5 Å². The van der Waals surface area contributed by atoms with Gasteiger partial charge in [0.05, 0.1) is 14.2 Å². The molecule has 0 radical (unpaired) electrons. The predicted octanol–water partition coefficient (Wildman–Crippen LogP) is 6.88. The minimum absolute atomic E-state index is 0.0857. The number of rotatable bonds is 9. The lowest BCUT2D eigenvalue weighted by Gasteiger charge is -2.42. The quantitative estimate of drug-likeness (QED) is 0.250. The maximum absolute atomic E-state index is 5.79. The third-order valence-electron chi connectivity index (χ3n) is 6.20. The minimum Gasteiger partial charge on any atom is -0.496 e. The van der Waals surface area contributed by atoms with Gasteiger partial charge in [-0.2, -0.15) is 0 Å². The maximum atomic E-state index is 5.79. The van der Waals surface area contributed by atoms with E-state index in [9.17, 15) is 0 Å². The van der Waals surface area contributed by atoms with E-state index < -0.39 is 8.07 Å². The van der Waals surface area contributed by atoms with Crippen molar-refractivity contribution in [3.05, 3.63) is 120 Å². The van der Waals surface area contributed by atoms with Gasteiger partial charge in [0.25, 0.3) is 0 Å². The zero-order chi connectivity index (χ0) is 23.9. The zero-order valence-electron chi connectivity index (χ0n) is 20.3. The Morgan fingerprint density at radius 3 is 1.26 bits per heavy atom. The fourth-order valence-corrected chi connectivity index (χ4v) is 7.23. The highest BCUT2D eigenvalue weighted by Gasteiger charge is 2.34. The third kappa shape index (κ3) is 5.01. The van der Waals surface area contributed by atoms with Crippen molar-refractivity contribution in [2.75, 3.05) is 14.2 Å². The van der Waals surface area contributed by atoms with E-state index in [4.69, 9.17) is 9.47 Å². The number of hydrogen-bond donors (Lipinski definition) is 0. The van der Waals surface area contributed by atoms with Crippen molar-refractivity contribution in [1.29, 1.82) is 0 Å². The van der Waals surface area contributed by atoms with Crippen LogP contribution in [0.1, 0.15) is 37.1 Å². The monoisotopic (exact) mass is 469 g/mol. The summed E-state index contributed by atoms with van der Waals surface area (Å²) in [5, 5.41) is 2.62. The molecule has 4 aromatic carbocycles. The molecule has 34 heavy (non-hydrogen) atoms. The number of hydrogen-bond acceptors (Lipinski definition) is 3. The molecular weight excluding hydrogens is 437 g/mol. The van der Waals surface area contributed by atoms with E-state index in [0.29, 0.717) is 0 Å². The second-order valence-corrected chi connectivity index (χ2v) is 10.3. The third-order valence-corrected chi connectivity index (χ3v) is 8.93. The molecule has 0 heterocycles. The normalized spacial score (nSPS) is 13.0. The molecule has 0 N–H and O–H groups in total. The molecule has 0 amide bonds. The van der Waals surface area contributed by atoms with Crippen molar-refractivity contribution in [2.24, 2.45) is 0 Å². The van der Waals surface area contributed by atoms with Crippen LogP contribution in [0.2, 0.25) is 0 Å². The van der Waals surface area contributed by atoms with Gasteiger partial charge in [0, 0.05) is 31.3 Å². The molecule has 0 aliphatic rings. The van der Waals surface area contributed by atoms with Crippen LogP contribution in [0, 0.1) is 0 Å². The molecular formula is C30H32NO2P. The Morgan fingerprint density at radius 1 is 0.529 bits per heavy atom.